The van der Waals surface area contributed by atoms with E-state index in [-0.39, 0.29) is 36.5 Å². The lowest BCUT2D eigenvalue weighted by Gasteiger charge is -2.28. The summed E-state index contributed by atoms with van der Waals surface area (Å²) >= 11 is 33.3. The predicted octanol–water partition coefficient (Wildman–Crippen LogP) is 6.20. The smallest absolute Gasteiger partial charge is 0.146 e. The van der Waals surface area contributed by atoms with Crippen molar-refractivity contribution in [3.63, 3.8) is 0 Å². The number of benzene rings is 2. The number of hydrogen-bond donors (Lipinski definition) is 0. The van der Waals surface area contributed by atoms with E-state index in [0.717, 1.165) is 9.37 Å². The van der Waals surface area contributed by atoms with E-state index in [1.54, 1.807) is 12.1 Å². The fraction of sp³-hybridized carbons (Fsp3) is 0. The van der Waals surface area contributed by atoms with Gasteiger partial charge in [0, 0.05) is 10.2 Å². The van der Waals surface area contributed by atoms with Crippen LogP contribution in [0.3, 0.4) is 0 Å². The molecule has 0 bridgehead atoms. The Morgan fingerprint density at radius 2 is 1.27 bits per heavy atom. The van der Waals surface area contributed by atoms with Crippen molar-refractivity contribution in [2.45, 2.75) is 0 Å². The Kier molecular flexibility index (Phi) is 5.75. The first kappa shape index (κ1) is 18.0. The van der Waals surface area contributed by atoms with Crippen LogP contribution in [0.1, 0.15) is 0 Å². The molecule has 2 aromatic rings. The van der Waals surface area contributed by atoms with Crippen LogP contribution in [0.2, 0.25) is 25.1 Å². The van der Waals surface area contributed by atoms with Gasteiger partial charge in [-0.25, -0.2) is 0 Å². The van der Waals surface area contributed by atoms with Crippen molar-refractivity contribution in [2.24, 2.45) is 0 Å². The lowest BCUT2D eigenvalue weighted by molar-refractivity contribution is -0.245. The first-order chi connectivity index (χ1) is 10.3. The maximum absolute atomic E-state index is 11.6. The molecule has 1 amide bonds. The summed E-state index contributed by atoms with van der Waals surface area (Å²) in [7, 11) is 0. The quantitative estimate of drug-likeness (QED) is 0.393. The second kappa shape index (κ2) is 7.04. The summed E-state index contributed by atoms with van der Waals surface area (Å²) in [5, 5.41) is 11.0. The number of halogens is 6. The van der Waals surface area contributed by atoms with Gasteiger partial charge in [-0.3, -0.25) is 4.90 Å². The van der Waals surface area contributed by atoms with Crippen LogP contribution in [0.15, 0.2) is 28.7 Å². The molecule has 22 heavy (non-hydrogen) atoms. The highest BCUT2D eigenvalue weighted by atomic mass is 79.9. The molecule has 0 atom stereocenters. The zero-order valence-corrected chi connectivity index (χ0v) is 15.7. The van der Waals surface area contributed by atoms with Crippen LogP contribution in [-0.4, -0.2) is 6.09 Å². The van der Waals surface area contributed by atoms with Crippen molar-refractivity contribution in [2.75, 3.05) is 4.90 Å². The first-order valence-electron chi connectivity index (χ1n) is 5.53. The molecule has 9 heteroatoms. The van der Waals surface area contributed by atoms with Gasteiger partial charge >= 0.3 is 0 Å². The number of carbonyl (C=O) groups excluding carboxylic acids is 1. The molecule has 116 valence electrons. The second-order valence-electron chi connectivity index (χ2n) is 4.00. The molecule has 2 rings (SSSR count). The van der Waals surface area contributed by atoms with Crippen LogP contribution in [0.5, 0.6) is 0 Å². The standard InChI is InChI=1S/C13H5BrCl5NO2/c14-5-1-3-6(4-2-5)20(13(21)22)12-10(18)8(16)7(15)9(17)11(12)19/h1-4H,(H,21,22)/p-1. The summed E-state index contributed by atoms with van der Waals surface area (Å²) in [6.07, 6.45) is -1.56. The Hall–Kier alpha value is -0.360. The van der Waals surface area contributed by atoms with Crippen LogP contribution in [0.25, 0.3) is 0 Å². The number of amides is 1. The Morgan fingerprint density at radius 1 is 0.864 bits per heavy atom. The third-order valence-electron chi connectivity index (χ3n) is 2.68. The van der Waals surface area contributed by atoms with E-state index >= 15 is 0 Å². The lowest BCUT2D eigenvalue weighted by Crippen LogP contribution is -2.38. The summed E-state index contributed by atoms with van der Waals surface area (Å²) in [5.41, 5.74) is 0.131. The molecule has 0 aliphatic carbocycles. The van der Waals surface area contributed by atoms with E-state index < -0.39 is 6.09 Å². The average molecular weight is 463 g/mol. The molecule has 0 aliphatic rings. The second-order valence-corrected chi connectivity index (χ2v) is 6.80. The lowest BCUT2D eigenvalue weighted by atomic mass is 10.2. The van der Waals surface area contributed by atoms with E-state index in [1.165, 1.54) is 12.1 Å². The molecule has 0 aliphatic heterocycles. The SMILES string of the molecule is O=C([O-])N(c1ccc(Br)cc1)c1c(Cl)c(Cl)c(Cl)c(Cl)c1Cl. The van der Waals surface area contributed by atoms with Gasteiger partial charge in [0.05, 0.1) is 30.8 Å². The first-order valence-corrected chi connectivity index (χ1v) is 8.22. The fourth-order valence-electron chi connectivity index (χ4n) is 1.71. The van der Waals surface area contributed by atoms with Crippen molar-refractivity contribution in [1.29, 1.82) is 0 Å². The minimum atomic E-state index is -1.56. The van der Waals surface area contributed by atoms with Crippen LogP contribution >= 0.6 is 73.9 Å². The maximum Gasteiger partial charge on any atom is 0.146 e. The number of rotatable bonds is 2. The van der Waals surface area contributed by atoms with E-state index in [2.05, 4.69) is 15.9 Å². The van der Waals surface area contributed by atoms with E-state index in [0.29, 0.717) is 0 Å². The monoisotopic (exact) mass is 460 g/mol. The summed E-state index contributed by atoms with van der Waals surface area (Å²) in [6, 6.07) is 6.35. The average Bonchev–Trinajstić information content (AvgIpc) is 2.48. The number of anilines is 2. The van der Waals surface area contributed by atoms with Gasteiger partial charge in [-0.2, -0.15) is 0 Å². The zero-order chi connectivity index (χ0) is 16.6. The van der Waals surface area contributed by atoms with Crippen LogP contribution < -0.4 is 10.0 Å². The molecule has 0 spiro atoms. The van der Waals surface area contributed by atoms with Gasteiger partial charge in [0.15, 0.2) is 0 Å². The Labute approximate surface area is 159 Å². The van der Waals surface area contributed by atoms with E-state index in [4.69, 9.17) is 58.0 Å². The Morgan fingerprint density at radius 3 is 1.68 bits per heavy atom. The molecule has 3 nitrogen and oxygen atoms in total. The normalized spacial score (nSPS) is 10.6. The van der Waals surface area contributed by atoms with Crippen molar-refractivity contribution < 1.29 is 9.90 Å². The third-order valence-corrected chi connectivity index (χ3v) is 5.46. The van der Waals surface area contributed by atoms with Crippen molar-refractivity contribution in [1.82, 2.24) is 0 Å². The molecule has 0 saturated carbocycles. The van der Waals surface area contributed by atoms with Gasteiger partial charge in [0.25, 0.3) is 0 Å². The summed E-state index contributed by atoms with van der Waals surface area (Å²) in [4.78, 5) is 12.3. The van der Waals surface area contributed by atoms with Crippen molar-refractivity contribution >= 4 is 91.4 Å². The van der Waals surface area contributed by atoms with Gasteiger partial charge in [-0.1, -0.05) is 73.9 Å². The van der Waals surface area contributed by atoms with Crippen LogP contribution in [-0.2, 0) is 0 Å². The zero-order valence-electron chi connectivity index (χ0n) is 10.3. The molecular weight excluding hydrogens is 459 g/mol. The highest BCUT2D eigenvalue weighted by Gasteiger charge is 2.25. The van der Waals surface area contributed by atoms with Crippen molar-refractivity contribution in [3.05, 3.63) is 53.9 Å². The third kappa shape index (κ3) is 3.28. The molecule has 2 aromatic carbocycles. The minimum Gasteiger partial charge on any atom is -0.529 e. The van der Waals surface area contributed by atoms with E-state index in [9.17, 15) is 9.90 Å². The number of hydrogen-bond acceptors (Lipinski definition) is 2. The van der Waals surface area contributed by atoms with Gasteiger partial charge in [0.1, 0.15) is 6.09 Å². The number of carbonyl (C=O) groups is 1. The molecule has 0 fully saturated rings. The molecular formula is C13H4BrCl5NO2-. The molecule has 0 heterocycles. The number of carboxylic acid groups (broad SMARTS) is 1. The summed E-state index contributed by atoms with van der Waals surface area (Å²) in [6.45, 7) is 0. The largest absolute Gasteiger partial charge is 0.529 e. The predicted molar refractivity (Wildman–Crippen MR) is 93.2 cm³/mol. The molecule has 0 saturated heterocycles. The molecule has 0 aromatic heterocycles. The number of nitrogens with zero attached hydrogens (tertiary/aromatic N) is 1. The van der Waals surface area contributed by atoms with Crippen LogP contribution in [0, 0.1) is 0 Å². The van der Waals surface area contributed by atoms with Crippen LogP contribution in [0.4, 0.5) is 16.2 Å². The fourth-order valence-corrected chi connectivity index (χ4v) is 3.27. The molecule has 0 N–H and O–H groups in total. The molecule has 0 unspecified atom stereocenters. The van der Waals surface area contributed by atoms with Crippen molar-refractivity contribution in [3.8, 4) is 0 Å². The molecule has 0 radical (unpaired) electrons. The van der Waals surface area contributed by atoms with Gasteiger partial charge in [0.2, 0.25) is 0 Å². The Bertz CT molecular complexity index is 722. The van der Waals surface area contributed by atoms with Gasteiger partial charge < -0.3 is 9.90 Å². The maximum atomic E-state index is 11.6. The topological polar surface area (TPSA) is 43.4 Å². The minimum absolute atomic E-state index is 0.0591. The van der Waals surface area contributed by atoms with Gasteiger partial charge in [-0.15, -0.1) is 0 Å². The van der Waals surface area contributed by atoms with E-state index in [1.807, 2.05) is 0 Å². The summed E-state index contributed by atoms with van der Waals surface area (Å²) < 4.78 is 0.763. The summed E-state index contributed by atoms with van der Waals surface area (Å²) in [5.74, 6) is 0. The highest BCUT2D eigenvalue weighted by molar-refractivity contribution is 9.10. The van der Waals surface area contributed by atoms with Gasteiger partial charge in [-0.05, 0) is 24.3 Å². The highest BCUT2D eigenvalue weighted by Crippen LogP contribution is 2.49. The Balaban J connectivity index is 2.75.